The molecule has 0 saturated heterocycles. The molecule has 2 rings (SSSR count). The van der Waals surface area contributed by atoms with Crippen molar-refractivity contribution in [1.29, 1.82) is 0 Å². The number of benzene rings is 2. The number of hydrogen-bond acceptors (Lipinski definition) is 0. The van der Waals surface area contributed by atoms with E-state index in [1.807, 2.05) is 0 Å². The standard InChI is InChI=1S/C13H6BrCl3F2/c14-7-5-10(18)6(4-11(7)19)13(17)12-8(15)2-1-3-9(12)16/h1-5,13H. The Morgan fingerprint density at radius 2 is 1.58 bits per heavy atom. The normalized spacial score (nSPS) is 12.5. The van der Waals surface area contributed by atoms with Gasteiger partial charge in [-0.3, -0.25) is 0 Å². The summed E-state index contributed by atoms with van der Waals surface area (Å²) in [6.07, 6.45) is 0. The van der Waals surface area contributed by atoms with Crippen molar-refractivity contribution in [3.63, 3.8) is 0 Å². The summed E-state index contributed by atoms with van der Waals surface area (Å²) < 4.78 is 27.4. The maximum absolute atomic E-state index is 13.9. The molecule has 0 nitrogen and oxygen atoms in total. The van der Waals surface area contributed by atoms with Gasteiger partial charge in [0, 0.05) is 21.2 Å². The van der Waals surface area contributed by atoms with Gasteiger partial charge in [-0.25, -0.2) is 8.78 Å². The molecule has 0 heterocycles. The maximum atomic E-state index is 13.9. The van der Waals surface area contributed by atoms with Crippen molar-refractivity contribution in [3.05, 3.63) is 67.6 Å². The SMILES string of the molecule is Fc1cc(C(Cl)c2c(Cl)cccc2Cl)c(F)cc1Br. The molecule has 0 aromatic heterocycles. The monoisotopic (exact) mass is 384 g/mol. The topological polar surface area (TPSA) is 0 Å². The van der Waals surface area contributed by atoms with E-state index < -0.39 is 17.0 Å². The van der Waals surface area contributed by atoms with Crippen LogP contribution in [-0.2, 0) is 0 Å². The molecule has 0 aliphatic heterocycles. The lowest BCUT2D eigenvalue weighted by atomic mass is 10.0. The maximum Gasteiger partial charge on any atom is 0.137 e. The zero-order chi connectivity index (χ0) is 14.2. The van der Waals surface area contributed by atoms with Crippen LogP contribution in [-0.4, -0.2) is 0 Å². The Hall–Kier alpha value is -0.350. The van der Waals surface area contributed by atoms with Crippen LogP contribution < -0.4 is 0 Å². The van der Waals surface area contributed by atoms with E-state index in [1.54, 1.807) is 18.2 Å². The average Bonchev–Trinajstić information content (AvgIpc) is 2.33. The molecule has 1 atom stereocenters. The summed E-state index contributed by atoms with van der Waals surface area (Å²) in [5.74, 6) is -1.24. The third kappa shape index (κ3) is 3.05. The van der Waals surface area contributed by atoms with Crippen molar-refractivity contribution in [1.82, 2.24) is 0 Å². The first-order valence-corrected chi connectivity index (χ1v) is 7.12. The van der Waals surface area contributed by atoms with Crippen LogP contribution in [0.3, 0.4) is 0 Å². The molecule has 1 unspecified atom stereocenters. The number of alkyl halides is 1. The van der Waals surface area contributed by atoms with Gasteiger partial charge in [0.05, 0.1) is 9.85 Å². The van der Waals surface area contributed by atoms with Crippen LogP contribution in [0.1, 0.15) is 16.5 Å². The third-order valence-electron chi connectivity index (χ3n) is 2.57. The minimum atomic E-state index is -0.969. The van der Waals surface area contributed by atoms with Gasteiger partial charge < -0.3 is 0 Å². The summed E-state index contributed by atoms with van der Waals surface area (Å²) in [6, 6.07) is 6.87. The van der Waals surface area contributed by atoms with Crippen molar-refractivity contribution in [2.45, 2.75) is 5.38 Å². The van der Waals surface area contributed by atoms with Crippen LogP contribution in [0.25, 0.3) is 0 Å². The second kappa shape index (κ2) is 5.96. The number of halogens is 6. The molecule has 0 saturated carbocycles. The lowest BCUT2D eigenvalue weighted by Crippen LogP contribution is -2.00. The first kappa shape index (κ1) is 15.0. The molecular weight excluding hydrogens is 380 g/mol. The molecule has 19 heavy (non-hydrogen) atoms. The fourth-order valence-electron chi connectivity index (χ4n) is 1.64. The highest BCUT2D eigenvalue weighted by atomic mass is 79.9. The summed E-state index contributed by atoms with van der Waals surface area (Å²) in [6.45, 7) is 0. The van der Waals surface area contributed by atoms with Crippen LogP contribution in [0, 0.1) is 11.6 Å². The predicted molar refractivity (Wildman–Crippen MR) is 78.2 cm³/mol. The Balaban J connectivity index is 2.56. The quantitative estimate of drug-likeness (QED) is 0.416. The minimum absolute atomic E-state index is 0.0163. The molecule has 0 spiro atoms. The van der Waals surface area contributed by atoms with Gasteiger partial charge in [0.25, 0.3) is 0 Å². The van der Waals surface area contributed by atoms with E-state index in [2.05, 4.69) is 15.9 Å². The van der Waals surface area contributed by atoms with Gasteiger partial charge >= 0.3 is 0 Å². The molecule has 0 aliphatic carbocycles. The van der Waals surface area contributed by atoms with Crippen LogP contribution in [0.15, 0.2) is 34.8 Å². The Bertz CT molecular complexity index is 611. The molecule has 6 heteroatoms. The van der Waals surface area contributed by atoms with E-state index in [0.29, 0.717) is 15.6 Å². The summed E-state index contributed by atoms with van der Waals surface area (Å²) in [4.78, 5) is 0. The smallest absolute Gasteiger partial charge is 0.137 e. The van der Waals surface area contributed by atoms with Gasteiger partial charge in [-0.1, -0.05) is 29.3 Å². The van der Waals surface area contributed by atoms with E-state index in [-0.39, 0.29) is 10.0 Å². The van der Waals surface area contributed by atoms with E-state index in [0.717, 1.165) is 12.1 Å². The Morgan fingerprint density at radius 3 is 2.16 bits per heavy atom. The van der Waals surface area contributed by atoms with Crippen LogP contribution >= 0.6 is 50.7 Å². The molecule has 0 bridgehead atoms. The molecule has 2 aromatic rings. The van der Waals surface area contributed by atoms with Gasteiger partial charge in [-0.05, 0) is 40.2 Å². The Morgan fingerprint density at radius 1 is 1.00 bits per heavy atom. The summed E-state index contributed by atoms with van der Waals surface area (Å²) >= 11 is 21.1. The van der Waals surface area contributed by atoms with Crippen molar-refractivity contribution in [2.24, 2.45) is 0 Å². The molecule has 0 aliphatic rings. The van der Waals surface area contributed by atoms with E-state index in [9.17, 15) is 8.78 Å². The van der Waals surface area contributed by atoms with Crippen molar-refractivity contribution >= 4 is 50.7 Å². The first-order valence-electron chi connectivity index (χ1n) is 5.14. The number of rotatable bonds is 2. The zero-order valence-electron chi connectivity index (χ0n) is 9.23. The van der Waals surface area contributed by atoms with Crippen molar-refractivity contribution < 1.29 is 8.78 Å². The lowest BCUT2D eigenvalue weighted by Gasteiger charge is -2.15. The highest BCUT2D eigenvalue weighted by Crippen LogP contribution is 2.40. The second-order valence-corrected chi connectivity index (χ2v) is 5.89. The van der Waals surface area contributed by atoms with E-state index in [4.69, 9.17) is 34.8 Å². The lowest BCUT2D eigenvalue weighted by molar-refractivity contribution is 0.582. The zero-order valence-corrected chi connectivity index (χ0v) is 13.1. The fraction of sp³-hybridized carbons (Fsp3) is 0.0769. The molecule has 0 N–H and O–H groups in total. The van der Waals surface area contributed by atoms with Gasteiger partial charge in [0.2, 0.25) is 0 Å². The highest BCUT2D eigenvalue weighted by molar-refractivity contribution is 9.10. The number of hydrogen-bond donors (Lipinski definition) is 0. The third-order valence-corrected chi connectivity index (χ3v) is 4.29. The first-order chi connectivity index (χ1) is 8.91. The molecular formula is C13H6BrCl3F2. The molecule has 0 fully saturated rings. The van der Waals surface area contributed by atoms with Crippen LogP contribution in [0.5, 0.6) is 0 Å². The van der Waals surface area contributed by atoms with Gasteiger partial charge in [0.1, 0.15) is 11.6 Å². The summed E-state index contributed by atoms with van der Waals surface area (Å²) in [5, 5.41) is -0.366. The van der Waals surface area contributed by atoms with Crippen LogP contribution in [0.2, 0.25) is 10.0 Å². The minimum Gasteiger partial charge on any atom is -0.207 e. The van der Waals surface area contributed by atoms with E-state index >= 15 is 0 Å². The molecule has 0 amide bonds. The van der Waals surface area contributed by atoms with Crippen molar-refractivity contribution in [2.75, 3.05) is 0 Å². The average molecular weight is 386 g/mol. The Kier molecular flexibility index (Phi) is 4.72. The summed E-state index contributed by atoms with van der Waals surface area (Å²) in [5.41, 5.74) is 0.338. The highest BCUT2D eigenvalue weighted by Gasteiger charge is 2.22. The van der Waals surface area contributed by atoms with Crippen LogP contribution in [0.4, 0.5) is 8.78 Å². The van der Waals surface area contributed by atoms with Gasteiger partial charge in [-0.15, -0.1) is 11.6 Å². The molecule has 100 valence electrons. The molecule has 0 radical (unpaired) electrons. The van der Waals surface area contributed by atoms with Gasteiger partial charge in [-0.2, -0.15) is 0 Å². The fourth-order valence-corrected chi connectivity index (χ4v) is 3.09. The Labute approximate surface area is 132 Å². The largest absolute Gasteiger partial charge is 0.207 e. The van der Waals surface area contributed by atoms with Gasteiger partial charge in [0.15, 0.2) is 0 Å². The summed E-state index contributed by atoms with van der Waals surface area (Å²) in [7, 11) is 0. The predicted octanol–water partition coefficient (Wildman–Crippen LogP) is 6.36. The van der Waals surface area contributed by atoms with Crippen molar-refractivity contribution in [3.8, 4) is 0 Å². The molecule has 2 aromatic carbocycles. The van der Waals surface area contributed by atoms with E-state index in [1.165, 1.54) is 0 Å². The second-order valence-electron chi connectivity index (χ2n) is 3.79.